The van der Waals surface area contributed by atoms with Gasteiger partial charge < -0.3 is 0 Å². The van der Waals surface area contributed by atoms with Crippen LogP contribution < -0.4 is 0 Å². The first-order chi connectivity index (χ1) is 8.26. The van der Waals surface area contributed by atoms with Gasteiger partial charge in [0.1, 0.15) is 0 Å². The maximum atomic E-state index is 9.14. The van der Waals surface area contributed by atoms with Crippen LogP contribution in [0, 0.1) is 18.3 Å². The Morgan fingerprint density at radius 1 is 1.12 bits per heavy atom. The highest BCUT2D eigenvalue weighted by atomic mass is 79.9. The van der Waals surface area contributed by atoms with Gasteiger partial charge in [0.2, 0.25) is 0 Å². The van der Waals surface area contributed by atoms with Crippen LogP contribution in [0.5, 0.6) is 0 Å². The number of nitriles is 1. The molecular formula is C15H12BrN. The number of alkyl halides is 1. The van der Waals surface area contributed by atoms with E-state index in [1.807, 2.05) is 24.3 Å². The van der Waals surface area contributed by atoms with Crippen molar-refractivity contribution in [3.05, 3.63) is 59.2 Å². The zero-order chi connectivity index (χ0) is 12.3. The van der Waals surface area contributed by atoms with Gasteiger partial charge in [-0.15, -0.1) is 0 Å². The monoisotopic (exact) mass is 285 g/mol. The van der Waals surface area contributed by atoms with E-state index in [1.165, 1.54) is 11.1 Å². The molecule has 0 atom stereocenters. The first-order valence-electron chi connectivity index (χ1n) is 5.41. The lowest BCUT2D eigenvalue weighted by Crippen LogP contribution is -1.89. The Hall–Kier alpha value is -1.59. The van der Waals surface area contributed by atoms with Gasteiger partial charge in [0.25, 0.3) is 0 Å². The average molecular weight is 286 g/mol. The van der Waals surface area contributed by atoms with E-state index in [4.69, 9.17) is 5.26 Å². The summed E-state index contributed by atoms with van der Waals surface area (Å²) >= 11 is 3.46. The van der Waals surface area contributed by atoms with Crippen LogP contribution in [-0.4, -0.2) is 0 Å². The Morgan fingerprint density at radius 2 is 1.88 bits per heavy atom. The highest BCUT2D eigenvalue weighted by Crippen LogP contribution is 2.28. The minimum absolute atomic E-state index is 0.724. The van der Waals surface area contributed by atoms with Crippen molar-refractivity contribution in [1.29, 1.82) is 5.26 Å². The van der Waals surface area contributed by atoms with Gasteiger partial charge >= 0.3 is 0 Å². The van der Waals surface area contributed by atoms with Gasteiger partial charge in [-0.3, -0.25) is 0 Å². The fourth-order valence-electron chi connectivity index (χ4n) is 1.86. The van der Waals surface area contributed by atoms with Gasteiger partial charge in [-0.2, -0.15) is 5.26 Å². The van der Waals surface area contributed by atoms with Crippen molar-refractivity contribution in [3.63, 3.8) is 0 Å². The van der Waals surface area contributed by atoms with E-state index in [-0.39, 0.29) is 0 Å². The summed E-state index contributed by atoms with van der Waals surface area (Å²) in [6.07, 6.45) is 0. The number of hydrogen-bond donors (Lipinski definition) is 0. The summed E-state index contributed by atoms with van der Waals surface area (Å²) in [4.78, 5) is 0. The minimum atomic E-state index is 0.724. The molecule has 1 nitrogen and oxygen atoms in total. The molecule has 17 heavy (non-hydrogen) atoms. The number of halogens is 1. The molecule has 0 aromatic heterocycles. The molecule has 0 aliphatic rings. The third-order valence-electron chi connectivity index (χ3n) is 2.79. The van der Waals surface area contributed by atoms with Gasteiger partial charge in [0, 0.05) is 5.33 Å². The molecule has 0 fully saturated rings. The van der Waals surface area contributed by atoms with Crippen molar-refractivity contribution in [1.82, 2.24) is 0 Å². The molecule has 0 N–H and O–H groups in total. The van der Waals surface area contributed by atoms with Gasteiger partial charge in [-0.05, 0) is 41.3 Å². The number of rotatable bonds is 2. The molecule has 0 aliphatic heterocycles. The predicted octanol–water partition coefficient (Wildman–Crippen LogP) is 4.43. The number of aryl methyl sites for hydroxylation is 1. The van der Waals surface area contributed by atoms with Crippen molar-refractivity contribution < 1.29 is 0 Å². The molecule has 2 aromatic rings. The fourth-order valence-corrected chi connectivity index (χ4v) is 2.21. The second kappa shape index (κ2) is 5.16. The molecular weight excluding hydrogens is 274 g/mol. The van der Waals surface area contributed by atoms with E-state index in [1.54, 1.807) is 0 Å². The molecule has 0 aliphatic carbocycles. The summed E-state index contributed by atoms with van der Waals surface area (Å²) in [5, 5.41) is 9.97. The Bertz CT molecular complexity index is 582. The molecule has 0 heterocycles. The van der Waals surface area contributed by atoms with Crippen LogP contribution in [0.2, 0.25) is 0 Å². The molecule has 0 bridgehead atoms. The molecule has 0 saturated heterocycles. The Labute approximate surface area is 110 Å². The lowest BCUT2D eigenvalue weighted by Gasteiger charge is -2.09. The summed E-state index contributed by atoms with van der Waals surface area (Å²) in [7, 11) is 0. The molecule has 0 saturated carbocycles. The molecule has 2 aromatic carbocycles. The quantitative estimate of drug-likeness (QED) is 0.749. The number of nitrogens with zero attached hydrogens (tertiary/aromatic N) is 1. The fraction of sp³-hybridized carbons (Fsp3) is 0.133. The number of benzene rings is 2. The van der Waals surface area contributed by atoms with Crippen molar-refractivity contribution in [2.75, 3.05) is 0 Å². The van der Waals surface area contributed by atoms with Crippen LogP contribution >= 0.6 is 15.9 Å². The van der Waals surface area contributed by atoms with Gasteiger partial charge in [-0.1, -0.05) is 46.3 Å². The van der Waals surface area contributed by atoms with E-state index >= 15 is 0 Å². The smallest absolute Gasteiger partial charge is 0.0998 e. The summed E-state index contributed by atoms with van der Waals surface area (Å²) in [5.41, 5.74) is 5.28. The van der Waals surface area contributed by atoms with E-state index in [2.05, 4.69) is 47.1 Å². The lowest BCUT2D eigenvalue weighted by molar-refractivity contribution is 1.37. The van der Waals surface area contributed by atoms with Gasteiger partial charge in [-0.25, -0.2) is 0 Å². The highest BCUT2D eigenvalue weighted by molar-refractivity contribution is 9.08. The summed E-state index contributed by atoms with van der Waals surface area (Å²) in [6, 6.07) is 16.3. The van der Waals surface area contributed by atoms with E-state index in [0.29, 0.717) is 0 Å². The van der Waals surface area contributed by atoms with Crippen LogP contribution in [-0.2, 0) is 5.33 Å². The van der Waals surface area contributed by atoms with Crippen molar-refractivity contribution >= 4 is 15.9 Å². The molecule has 84 valence electrons. The molecule has 0 spiro atoms. The second-order valence-electron chi connectivity index (χ2n) is 3.94. The van der Waals surface area contributed by atoms with Crippen molar-refractivity contribution in [2.45, 2.75) is 12.3 Å². The van der Waals surface area contributed by atoms with Crippen LogP contribution in [0.4, 0.5) is 0 Å². The van der Waals surface area contributed by atoms with Crippen LogP contribution in [0.25, 0.3) is 11.1 Å². The summed E-state index contributed by atoms with van der Waals surface area (Å²) in [6.45, 7) is 2.07. The SMILES string of the molecule is Cc1ccc(CBr)cc1-c1ccccc1C#N. The lowest BCUT2D eigenvalue weighted by atomic mass is 9.95. The third-order valence-corrected chi connectivity index (χ3v) is 3.44. The topological polar surface area (TPSA) is 23.8 Å². The Kier molecular flexibility index (Phi) is 3.61. The molecule has 2 heteroatoms. The minimum Gasteiger partial charge on any atom is -0.192 e. The van der Waals surface area contributed by atoms with E-state index in [0.717, 1.165) is 22.0 Å². The van der Waals surface area contributed by atoms with Crippen LogP contribution in [0.1, 0.15) is 16.7 Å². The van der Waals surface area contributed by atoms with Crippen LogP contribution in [0.15, 0.2) is 42.5 Å². The molecule has 2 rings (SSSR count). The maximum absolute atomic E-state index is 9.14. The Balaban J connectivity index is 2.64. The van der Waals surface area contributed by atoms with Gasteiger partial charge in [0.05, 0.1) is 11.6 Å². The summed E-state index contributed by atoms with van der Waals surface area (Å²) in [5.74, 6) is 0. The summed E-state index contributed by atoms with van der Waals surface area (Å²) < 4.78 is 0. The van der Waals surface area contributed by atoms with E-state index < -0.39 is 0 Å². The van der Waals surface area contributed by atoms with E-state index in [9.17, 15) is 0 Å². The average Bonchev–Trinajstić information content (AvgIpc) is 2.39. The normalized spacial score (nSPS) is 9.94. The van der Waals surface area contributed by atoms with Crippen LogP contribution in [0.3, 0.4) is 0 Å². The predicted molar refractivity (Wildman–Crippen MR) is 74.0 cm³/mol. The first kappa shape index (κ1) is 11.9. The van der Waals surface area contributed by atoms with Crippen molar-refractivity contribution in [2.24, 2.45) is 0 Å². The zero-order valence-electron chi connectivity index (χ0n) is 9.57. The number of hydrogen-bond acceptors (Lipinski definition) is 1. The largest absolute Gasteiger partial charge is 0.192 e. The molecule has 0 amide bonds. The third kappa shape index (κ3) is 2.40. The second-order valence-corrected chi connectivity index (χ2v) is 4.50. The first-order valence-corrected chi connectivity index (χ1v) is 6.53. The highest BCUT2D eigenvalue weighted by Gasteiger charge is 2.07. The molecule has 0 radical (unpaired) electrons. The molecule has 0 unspecified atom stereocenters. The Morgan fingerprint density at radius 3 is 2.59 bits per heavy atom. The van der Waals surface area contributed by atoms with Crippen molar-refractivity contribution in [3.8, 4) is 17.2 Å². The zero-order valence-corrected chi connectivity index (χ0v) is 11.2. The van der Waals surface area contributed by atoms with Gasteiger partial charge in [0.15, 0.2) is 0 Å². The standard InChI is InChI=1S/C15H12BrN/c1-11-6-7-12(9-16)8-15(11)14-5-3-2-4-13(14)10-17/h2-8H,9H2,1H3. The maximum Gasteiger partial charge on any atom is 0.0998 e.